The van der Waals surface area contributed by atoms with Crippen molar-refractivity contribution in [2.45, 2.75) is 19.8 Å². The van der Waals surface area contributed by atoms with Gasteiger partial charge in [0.1, 0.15) is 5.75 Å². The second-order valence-electron chi connectivity index (χ2n) is 3.63. The summed E-state index contributed by atoms with van der Waals surface area (Å²) in [7, 11) is 0. The van der Waals surface area contributed by atoms with Crippen LogP contribution in [0.2, 0.25) is 0 Å². The fraction of sp³-hybridized carbons (Fsp3) is 0.364. The van der Waals surface area contributed by atoms with Crippen molar-refractivity contribution in [1.29, 1.82) is 0 Å². The van der Waals surface area contributed by atoms with E-state index in [0.717, 1.165) is 0 Å². The number of aryl methyl sites for hydroxylation is 1. The molecule has 4 N–H and O–H groups in total. The van der Waals surface area contributed by atoms with E-state index in [1.165, 1.54) is 0 Å². The van der Waals surface area contributed by atoms with Crippen LogP contribution in [0.3, 0.4) is 0 Å². The molecule has 1 rings (SSSR count). The van der Waals surface area contributed by atoms with Crippen molar-refractivity contribution < 1.29 is 15.0 Å². The Hall–Kier alpha value is -1.71. The molecule has 0 aromatic heterocycles. The lowest BCUT2D eigenvalue weighted by atomic mass is 10.0. The Balaban J connectivity index is 2.66. The topological polar surface area (TPSA) is 83.5 Å². The summed E-state index contributed by atoms with van der Waals surface area (Å²) in [6.07, 6.45) is 1.01. The standard InChI is InChI=1S/C11H15NO3/c1-7(11(14)15)5-6-8-3-2-4-9(12)10(8)13/h2-4,7,13H,5-6,12H2,1H3,(H,14,15)/t7-/m1/s1. The number of aromatic hydroxyl groups is 1. The molecule has 0 fully saturated rings. The molecule has 1 aromatic rings. The van der Waals surface area contributed by atoms with Gasteiger partial charge in [0, 0.05) is 0 Å². The number of phenolic OH excluding ortho intramolecular Hbond substituents is 1. The number of hydrogen-bond acceptors (Lipinski definition) is 3. The van der Waals surface area contributed by atoms with Crippen molar-refractivity contribution in [3.63, 3.8) is 0 Å². The van der Waals surface area contributed by atoms with Crippen molar-refractivity contribution in [3.8, 4) is 5.75 Å². The van der Waals surface area contributed by atoms with Gasteiger partial charge in [-0.25, -0.2) is 0 Å². The molecule has 1 aromatic carbocycles. The van der Waals surface area contributed by atoms with E-state index in [2.05, 4.69) is 0 Å². The number of nitrogen functional groups attached to an aromatic ring is 1. The first-order valence-electron chi connectivity index (χ1n) is 4.81. The van der Waals surface area contributed by atoms with Gasteiger partial charge in [0.25, 0.3) is 0 Å². The van der Waals surface area contributed by atoms with Gasteiger partial charge in [-0.3, -0.25) is 4.79 Å². The third kappa shape index (κ3) is 2.87. The predicted octanol–water partition coefficient (Wildman–Crippen LogP) is 1.63. The monoisotopic (exact) mass is 209 g/mol. The summed E-state index contributed by atoms with van der Waals surface area (Å²) in [6, 6.07) is 5.11. The number of para-hydroxylation sites is 1. The van der Waals surface area contributed by atoms with E-state index in [1.54, 1.807) is 25.1 Å². The smallest absolute Gasteiger partial charge is 0.306 e. The zero-order chi connectivity index (χ0) is 11.4. The SMILES string of the molecule is C[C@H](CCc1cccc(N)c1O)C(=O)O. The molecular weight excluding hydrogens is 194 g/mol. The van der Waals surface area contributed by atoms with E-state index in [9.17, 15) is 9.90 Å². The van der Waals surface area contributed by atoms with Crippen LogP contribution in [0.15, 0.2) is 18.2 Å². The molecule has 0 aliphatic carbocycles. The van der Waals surface area contributed by atoms with Crippen LogP contribution in [0.5, 0.6) is 5.75 Å². The molecule has 0 aliphatic heterocycles. The van der Waals surface area contributed by atoms with Crippen LogP contribution >= 0.6 is 0 Å². The molecule has 82 valence electrons. The Morgan fingerprint density at radius 1 is 1.53 bits per heavy atom. The average Bonchev–Trinajstić information content (AvgIpc) is 2.19. The van der Waals surface area contributed by atoms with E-state index in [4.69, 9.17) is 10.8 Å². The van der Waals surface area contributed by atoms with E-state index in [1.807, 2.05) is 0 Å². The molecule has 0 saturated carbocycles. The summed E-state index contributed by atoms with van der Waals surface area (Å²) in [4.78, 5) is 10.6. The summed E-state index contributed by atoms with van der Waals surface area (Å²) < 4.78 is 0. The molecule has 0 radical (unpaired) electrons. The maximum Gasteiger partial charge on any atom is 0.306 e. The minimum atomic E-state index is -0.821. The van der Waals surface area contributed by atoms with Gasteiger partial charge in [0.15, 0.2) is 0 Å². The van der Waals surface area contributed by atoms with Crippen molar-refractivity contribution in [1.82, 2.24) is 0 Å². The lowest BCUT2D eigenvalue weighted by Crippen LogP contribution is -2.10. The molecule has 0 heterocycles. The number of benzene rings is 1. The third-order valence-corrected chi connectivity index (χ3v) is 2.42. The molecule has 4 nitrogen and oxygen atoms in total. The molecule has 1 atom stereocenters. The van der Waals surface area contributed by atoms with Crippen molar-refractivity contribution >= 4 is 11.7 Å². The minimum absolute atomic E-state index is 0.0649. The van der Waals surface area contributed by atoms with Gasteiger partial charge < -0.3 is 15.9 Å². The Morgan fingerprint density at radius 3 is 2.80 bits per heavy atom. The van der Waals surface area contributed by atoms with Gasteiger partial charge in [0.05, 0.1) is 11.6 Å². The quantitative estimate of drug-likeness (QED) is 0.519. The number of carbonyl (C=O) groups is 1. The van der Waals surface area contributed by atoms with Gasteiger partial charge in [-0.2, -0.15) is 0 Å². The second kappa shape index (κ2) is 4.68. The normalized spacial score (nSPS) is 12.3. The molecule has 0 spiro atoms. The Labute approximate surface area is 88.3 Å². The minimum Gasteiger partial charge on any atom is -0.506 e. The van der Waals surface area contributed by atoms with Crippen LogP contribution in [0.4, 0.5) is 5.69 Å². The maximum atomic E-state index is 10.6. The lowest BCUT2D eigenvalue weighted by Gasteiger charge is -2.08. The van der Waals surface area contributed by atoms with Crippen LogP contribution in [0.1, 0.15) is 18.9 Å². The van der Waals surface area contributed by atoms with Crippen LogP contribution in [-0.2, 0) is 11.2 Å². The first-order valence-corrected chi connectivity index (χ1v) is 4.81. The van der Waals surface area contributed by atoms with Crippen molar-refractivity contribution in [3.05, 3.63) is 23.8 Å². The Bertz CT molecular complexity index is 363. The predicted molar refractivity (Wildman–Crippen MR) is 57.6 cm³/mol. The highest BCUT2D eigenvalue weighted by Gasteiger charge is 2.12. The fourth-order valence-electron chi connectivity index (χ4n) is 1.31. The highest BCUT2D eigenvalue weighted by molar-refractivity contribution is 5.69. The van der Waals surface area contributed by atoms with Gasteiger partial charge in [-0.15, -0.1) is 0 Å². The zero-order valence-electron chi connectivity index (χ0n) is 8.60. The number of hydrogen-bond donors (Lipinski definition) is 3. The number of nitrogens with two attached hydrogens (primary N) is 1. The van der Waals surface area contributed by atoms with E-state index >= 15 is 0 Å². The highest BCUT2D eigenvalue weighted by atomic mass is 16.4. The van der Waals surface area contributed by atoms with Crippen molar-refractivity contribution in [2.75, 3.05) is 5.73 Å². The number of carboxylic acids is 1. The molecule has 0 unspecified atom stereocenters. The molecule has 4 heteroatoms. The largest absolute Gasteiger partial charge is 0.506 e. The summed E-state index contributed by atoms with van der Waals surface area (Å²) in [5.41, 5.74) is 6.55. The molecule has 15 heavy (non-hydrogen) atoms. The summed E-state index contributed by atoms with van der Waals surface area (Å²) in [5.74, 6) is -1.17. The van der Waals surface area contributed by atoms with Crippen molar-refractivity contribution in [2.24, 2.45) is 5.92 Å². The Kier molecular flexibility index (Phi) is 3.55. The van der Waals surface area contributed by atoms with Crippen LogP contribution in [-0.4, -0.2) is 16.2 Å². The first-order chi connectivity index (χ1) is 7.02. The van der Waals surface area contributed by atoms with Crippen LogP contribution < -0.4 is 5.73 Å². The Morgan fingerprint density at radius 2 is 2.20 bits per heavy atom. The number of rotatable bonds is 4. The molecular formula is C11H15NO3. The molecule has 0 saturated heterocycles. The second-order valence-corrected chi connectivity index (χ2v) is 3.63. The van der Waals surface area contributed by atoms with E-state index in [0.29, 0.717) is 24.1 Å². The summed E-state index contributed by atoms with van der Waals surface area (Å²) in [5, 5.41) is 18.3. The van der Waals surface area contributed by atoms with Gasteiger partial charge in [0.2, 0.25) is 0 Å². The number of anilines is 1. The summed E-state index contributed by atoms with van der Waals surface area (Å²) >= 11 is 0. The average molecular weight is 209 g/mol. The summed E-state index contributed by atoms with van der Waals surface area (Å²) in [6.45, 7) is 1.64. The molecule has 0 aliphatic rings. The zero-order valence-corrected chi connectivity index (χ0v) is 8.60. The van der Waals surface area contributed by atoms with E-state index < -0.39 is 11.9 Å². The molecule has 0 amide bonds. The van der Waals surface area contributed by atoms with E-state index in [-0.39, 0.29) is 5.75 Å². The van der Waals surface area contributed by atoms with Gasteiger partial charge in [-0.05, 0) is 24.5 Å². The molecule has 0 bridgehead atoms. The number of phenols is 1. The fourth-order valence-corrected chi connectivity index (χ4v) is 1.31. The number of carboxylic acid groups (broad SMARTS) is 1. The van der Waals surface area contributed by atoms with Gasteiger partial charge in [-0.1, -0.05) is 19.1 Å². The highest BCUT2D eigenvalue weighted by Crippen LogP contribution is 2.26. The first kappa shape index (κ1) is 11.4. The third-order valence-electron chi connectivity index (χ3n) is 2.42. The number of aliphatic carboxylic acids is 1. The maximum absolute atomic E-state index is 10.6. The lowest BCUT2D eigenvalue weighted by molar-refractivity contribution is -0.141. The van der Waals surface area contributed by atoms with Crippen LogP contribution in [0, 0.1) is 5.92 Å². The van der Waals surface area contributed by atoms with Crippen LogP contribution in [0.25, 0.3) is 0 Å². The van der Waals surface area contributed by atoms with Gasteiger partial charge >= 0.3 is 5.97 Å².